The van der Waals surface area contributed by atoms with Crippen LogP contribution >= 0.6 is 0 Å². The minimum absolute atomic E-state index is 0.0128. The summed E-state index contributed by atoms with van der Waals surface area (Å²) in [7, 11) is 0. The molecule has 9 atom stereocenters. The number of aliphatic hydroxyl groups is 1. The first-order valence-corrected chi connectivity index (χ1v) is 26.0. The van der Waals surface area contributed by atoms with E-state index < -0.39 is 171 Å². The number of aliphatic hydroxyl groups excluding tert-OH is 1. The lowest BCUT2D eigenvalue weighted by molar-refractivity contribution is -0.142. The Morgan fingerprint density at radius 3 is 0.909 bits per heavy atom. The molecule has 0 aromatic heterocycles. The highest BCUT2D eigenvalue weighted by Gasteiger charge is 2.35. The van der Waals surface area contributed by atoms with Gasteiger partial charge in [-0.25, -0.2) is 4.79 Å². The fraction of sp³-hybridized carbons (Fsp3) is 0.750. The number of carbonyl (C=O) groups excluding carboxylic acids is 8. The predicted molar refractivity (Wildman–Crippen MR) is 276 cm³/mol. The highest BCUT2D eigenvalue weighted by Crippen LogP contribution is 2.12. The van der Waals surface area contributed by atoms with E-state index in [1.807, 2.05) is 13.8 Å². The predicted octanol–water partition coefficient (Wildman–Crippen LogP) is -3.66. The molecule has 0 bridgehead atoms. The Morgan fingerprint density at radius 1 is 0.351 bits per heavy atom. The number of rotatable bonds is 43. The van der Waals surface area contributed by atoms with Gasteiger partial charge in [0.1, 0.15) is 48.3 Å². The zero-order valence-corrected chi connectivity index (χ0v) is 44.6. The van der Waals surface area contributed by atoms with Crippen molar-refractivity contribution in [2.45, 2.75) is 191 Å². The van der Waals surface area contributed by atoms with Crippen LogP contribution in [0.4, 0.5) is 0 Å². The van der Waals surface area contributed by atoms with E-state index in [1.54, 1.807) is 13.8 Å². The van der Waals surface area contributed by atoms with Gasteiger partial charge in [0.05, 0.1) is 12.6 Å². The average molecular weight is 1100 g/mol. The van der Waals surface area contributed by atoms with Gasteiger partial charge in [0.15, 0.2) is 0 Å². The van der Waals surface area contributed by atoms with Crippen LogP contribution in [0.15, 0.2) is 0 Å². The van der Waals surface area contributed by atoms with Gasteiger partial charge >= 0.3 is 23.9 Å². The molecule has 0 aliphatic rings. The van der Waals surface area contributed by atoms with Crippen LogP contribution in [0.3, 0.4) is 0 Å². The van der Waals surface area contributed by atoms with E-state index in [9.17, 15) is 83.1 Å². The van der Waals surface area contributed by atoms with Gasteiger partial charge in [-0.15, -0.1) is 0 Å². The molecule has 77 heavy (non-hydrogen) atoms. The minimum atomic E-state index is -1.87. The summed E-state index contributed by atoms with van der Waals surface area (Å²) in [5, 5.41) is 67.5. The highest BCUT2D eigenvalue weighted by atomic mass is 16.4. The second-order valence-corrected chi connectivity index (χ2v) is 19.5. The van der Waals surface area contributed by atoms with E-state index in [0.29, 0.717) is 25.7 Å². The molecule has 0 fully saturated rings. The number of carboxylic acids is 4. The molecule has 29 nitrogen and oxygen atoms in total. The number of aliphatic carboxylic acids is 4. The van der Waals surface area contributed by atoms with E-state index in [4.69, 9.17) is 22.9 Å². The van der Waals surface area contributed by atoms with Gasteiger partial charge in [-0.3, -0.25) is 52.7 Å². The van der Waals surface area contributed by atoms with Crippen LogP contribution in [-0.2, 0) is 57.5 Å². The number of nitrogens with one attached hydrogen (secondary N) is 8. The van der Waals surface area contributed by atoms with Gasteiger partial charge in [0.2, 0.25) is 47.3 Å². The average Bonchev–Trinajstić information content (AvgIpc) is 3.34. The summed E-state index contributed by atoms with van der Waals surface area (Å²) in [5.74, 6) is -13.7. The molecule has 8 amide bonds. The summed E-state index contributed by atoms with van der Waals surface area (Å²) < 4.78 is 0. The SMILES string of the molecule is CC(C)C[C@H](NC(=O)[C@H](CCC(=O)O)NC(=O)[C@H](CO)NC(=O)[C@H](CCCCN)NC(=O)[C@H](CCC(=O)O)NC(=O)[C@H](CCCCN)NC(=O)[C@H](CCC(=O)O)NC(=O)[C@@H](N)CC(C)C)C(=O)N[C@@H](CCCCN)C(=O)O. The molecular weight excluding hydrogens is 1020 g/mol. The molecule has 0 radical (unpaired) electrons. The number of nitrogens with two attached hydrogens (primary N) is 4. The van der Waals surface area contributed by atoms with Crippen LogP contribution in [0, 0.1) is 11.8 Å². The maximum Gasteiger partial charge on any atom is 0.326 e. The van der Waals surface area contributed by atoms with E-state index in [2.05, 4.69) is 42.5 Å². The molecule has 0 spiro atoms. The van der Waals surface area contributed by atoms with Gasteiger partial charge in [-0.05, 0) is 121 Å². The molecule has 0 unspecified atom stereocenters. The molecule has 0 saturated carbocycles. The number of unbranched alkanes of at least 4 members (excludes halogenated alkanes) is 3. The lowest BCUT2D eigenvalue weighted by atomic mass is 10.0. The maximum absolute atomic E-state index is 14.0. The van der Waals surface area contributed by atoms with Gasteiger partial charge in [0.25, 0.3) is 0 Å². The van der Waals surface area contributed by atoms with Crippen LogP contribution in [-0.4, -0.2) is 177 Å². The second-order valence-electron chi connectivity index (χ2n) is 19.5. The van der Waals surface area contributed by atoms with Crippen molar-refractivity contribution >= 4 is 71.1 Å². The second kappa shape index (κ2) is 38.9. The Balaban J connectivity index is 6.74. The van der Waals surface area contributed by atoms with Crippen molar-refractivity contribution in [1.82, 2.24) is 42.5 Å². The van der Waals surface area contributed by atoms with Gasteiger partial charge in [-0.1, -0.05) is 27.7 Å². The quantitative estimate of drug-likeness (QED) is 0.0262. The fourth-order valence-corrected chi connectivity index (χ4v) is 7.58. The number of hydrogen-bond donors (Lipinski definition) is 17. The molecule has 0 saturated heterocycles. The monoisotopic (exact) mass is 1100 g/mol. The number of amides is 8. The summed E-state index contributed by atoms with van der Waals surface area (Å²) in [5.41, 5.74) is 22.8. The third-order valence-corrected chi connectivity index (χ3v) is 11.8. The van der Waals surface area contributed by atoms with Gasteiger partial charge in [0, 0.05) is 19.3 Å². The molecule has 0 rings (SSSR count). The number of carbonyl (C=O) groups is 12. The van der Waals surface area contributed by atoms with Gasteiger partial charge in [-0.2, -0.15) is 0 Å². The summed E-state index contributed by atoms with van der Waals surface area (Å²) in [6, 6.07) is -13.5. The molecule has 0 aromatic carbocycles. The van der Waals surface area contributed by atoms with Crippen molar-refractivity contribution in [2.75, 3.05) is 26.2 Å². The molecule has 0 heterocycles. The van der Waals surface area contributed by atoms with Crippen LogP contribution in [0.25, 0.3) is 0 Å². The van der Waals surface area contributed by atoms with Crippen molar-refractivity contribution in [3.8, 4) is 0 Å². The Hall–Kier alpha value is -6.56. The van der Waals surface area contributed by atoms with Crippen molar-refractivity contribution in [1.29, 1.82) is 0 Å². The third-order valence-electron chi connectivity index (χ3n) is 11.8. The van der Waals surface area contributed by atoms with Crippen LogP contribution in [0.5, 0.6) is 0 Å². The van der Waals surface area contributed by atoms with Crippen LogP contribution in [0.2, 0.25) is 0 Å². The van der Waals surface area contributed by atoms with E-state index in [1.165, 1.54) is 0 Å². The Bertz CT molecular complexity index is 1940. The highest BCUT2D eigenvalue weighted by molar-refractivity contribution is 5.98. The largest absolute Gasteiger partial charge is 0.481 e. The molecule has 21 N–H and O–H groups in total. The normalized spacial score (nSPS) is 14.7. The smallest absolute Gasteiger partial charge is 0.326 e. The van der Waals surface area contributed by atoms with Crippen molar-refractivity contribution in [2.24, 2.45) is 34.8 Å². The van der Waals surface area contributed by atoms with E-state index >= 15 is 0 Å². The van der Waals surface area contributed by atoms with Crippen molar-refractivity contribution in [3.05, 3.63) is 0 Å². The van der Waals surface area contributed by atoms with Crippen LogP contribution < -0.4 is 65.5 Å². The maximum atomic E-state index is 14.0. The summed E-state index contributed by atoms with van der Waals surface area (Å²) >= 11 is 0. The summed E-state index contributed by atoms with van der Waals surface area (Å²) in [4.78, 5) is 156. The number of hydrogen-bond acceptors (Lipinski definition) is 17. The summed E-state index contributed by atoms with van der Waals surface area (Å²) in [6.07, 6.45) is -1.56. The lowest BCUT2D eigenvalue weighted by Gasteiger charge is -2.28. The Labute approximate surface area is 448 Å². The van der Waals surface area contributed by atoms with E-state index in [0.717, 1.165) is 0 Å². The topological polar surface area (TPSA) is 506 Å². The first-order chi connectivity index (χ1) is 36.2. The first-order valence-electron chi connectivity index (χ1n) is 26.0. The molecule has 0 aliphatic heterocycles. The molecule has 440 valence electrons. The summed E-state index contributed by atoms with van der Waals surface area (Å²) in [6.45, 7) is 6.52. The lowest BCUT2D eigenvalue weighted by Crippen LogP contribution is -2.61. The molecule has 0 aliphatic carbocycles. The first kappa shape index (κ1) is 70.4. The minimum Gasteiger partial charge on any atom is -0.481 e. The standard InChI is InChI=1S/C48H86N12O17/c1-26(2)23-28(52)40(68)53-31(14-17-37(62)63)43(71)54-29(11-5-8-20-49)41(69)56-32(15-18-38(64)65)44(72)55-30(12-6-9-21-50)42(70)60-36(25-61)47(75)57-33(16-19-39(66)67)45(73)59-35(24-27(3)4)46(74)58-34(48(76)77)13-7-10-22-51/h26-36,61H,5-25,49-52H2,1-4H3,(H,53,68)(H,54,71)(H,55,72)(H,56,69)(H,57,75)(H,58,74)(H,59,73)(H,60,70)(H,62,63)(H,64,65)(H,66,67)(H,76,77)/t28-,29-,30-,31-,32-,33-,34-,35-,36-/m0/s1. The Morgan fingerprint density at radius 2 is 0.610 bits per heavy atom. The van der Waals surface area contributed by atoms with Crippen molar-refractivity contribution in [3.63, 3.8) is 0 Å². The molecular formula is C48H86N12O17. The fourth-order valence-electron chi connectivity index (χ4n) is 7.58. The van der Waals surface area contributed by atoms with Gasteiger partial charge < -0.3 is 91.0 Å². The van der Waals surface area contributed by atoms with E-state index in [-0.39, 0.29) is 76.4 Å². The Kier molecular flexibility index (Phi) is 35.6. The number of carboxylic acid groups (broad SMARTS) is 4. The zero-order chi connectivity index (χ0) is 58.8. The molecule has 29 heteroatoms. The third kappa shape index (κ3) is 30.7. The van der Waals surface area contributed by atoms with Crippen molar-refractivity contribution < 1.29 is 83.1 Å². The molecule has 0 aromatic rings. The van der Waals surface area contributed by atoms with Crippen LogP contribution in [0.1, 0.15) is 137 Å². The zero-order valence-electron chi connectivity index (χ0n) is 44.6.